The summed E-state index contributed by atoms with van der Waals surface area (Å²) < 4.78 is 0. The summed E-state index contributed by atoms with van der Waals surface area (Å²) in [5.74, 6) is 0.980. The lowest BCUT2D eigenvalue weighted by Crippen LogP contribution is -2.66. The van der Waals surface area contributed by atoms with E-state index < -0.39 is 0 Å². The molecule has 3 aliphatic rings. The second-order valence-corrected chi connectivity index (χ2v) is 6.50. The molecule has 2 nitrogen and oxygen atoms in total. The van der Waals surface area contributed by atoms with Crippen molar-refractivity contribution in [3.63, 3.8) is 0 Å². The first-order valence-electron chi connectivity index (χ1n) is 7.20. The zero-order valence-corrected chi connectivity index (χ0v) is 10.8. The van der Waals surface area contributed by atoms with Gasteiger partial charge in [0.1, 0.15) is 0 Å². The molecule has 2 saturated carbocycles. The summed E-state index contributed by atoms with van der Waals surface area (Å²) >= 11 is 0. The van der Waals surface area contributed by atoms with Gasteiger partial charge in [-0.05, 0) is 45.4 Å². The molecule has 2 atom stereocenters. The lowest BCUT2D eigenvalue weighted by atomic mass is 9.87. The van der Waals surface area contributed by atoms with E-state index in [0.717, 1.165) is 12.0 Å². The van der Waals surface area contributed by atoms with Crippen LogP contribution >= 0.6 is 0 Å². The fourth-order valence-corrected chi connectivity index (χ4v) is 3.92. The van der Waals surface area contributed by atoms with Gasteiger partial charge in [-0.3, -0.25) is 4.90 Å². The molecule has 2 unspecified atom stereocenters. The van der Waals surface area contributed by atoms with Crippen molar-refractivity contribution in [3.05, 3.63) is 0 Å². The lowest BCUT2D eigenvalue weighted by Gasteiger charge is -2.51. The fraction of sp³-hybridized carbons (Fsp3) is 1.00. The number of hydrogen-bond acceptors (Lipinski definition) is 2. The van der Waals surface area contributed by atoms with Gasteiger partial charge in [0.05, 0.1) is 0 Å². The van der Waals surface area contributed by atoms with Gasteiger partial charge in [0.15, 0.2) is 0 Å². The van der Waals surface area contributed by atoms with Crippen LogP contribution in [0.2, 0.25) is 0 Å². The monoisotopic (exact) mass is 222 g/mol. The van der Waals surface area contributed by atoms with Crippen molar-refractivity contribution in [2.24, 2.45) is 5.92 Å². The third-order valence-electron chi connectivity index (χ3n) is 5.16. The Labute approximate surface area is 99.8 Å². The average Bonchev–Trinajstić information content (AvgIpc) is 3.00. The third kappa shape index (κ3) is 1.80. The summed E-state index contributed by atoms with van der Waals surface area (Å²) in [5.41, 5.74) is 0.474. The highest BCUT2D eigenvalue weighted by molar-refractivity contribution is 5.06. The summed E-state index contributed by atoms with van der Waals surface area (Å²) in [6.07, 6.45) is 8.77. The number of hydrogen-bond donors (Lipinski definition) is 1. The summed E-state index contributed by atoms with van der Waals surface area (Å²) in [4.78, 5) is 2.89. The highest BCUT2D eigenvalue weighted by Gasteiger charge is 2.49. The molecule has 0 aromatic rings. The summed E-state index contributed by atoms with van der Waals surface area (Å²) in [7, 11) is 0. The Morgan fingerprint density at radius 2 is 1.81 bits per heavy atom. The minimum absolute atomic E-state index is 0.474. The zero-order valence-electron chi connectivity index (χ0n) is 10.8. The topological polar surface area (TPSA) is 15.3 Å². The standard InChI is InChI=1S/C14H26N2/c1-11-9-16(13-5-3-4-6-13)14(2,10-15-11)12-7-8-12/h11-13,15H,3-10H2,1-2H3. The smallest absolute Gasteiger partial charge is 0.0337 e. The van der Waals surface area contributed by atoms with Gasteiger partial charge in [-0.1, -0.05) is 12.8 Å². The Bertz CT molecular complexity index is 255. The maximum absolute atomic E-state index is 3.71. The van der Waals surface area contributed by atoms with Gasteiger partial charge in [0.25, 0.3) is 0 Å². The van der Waals surface area contributed by atoms with E-state index in [4.69, 9.17) is 0 Å². The Morgan fingerprint density at radius 1 is 1.12 bits per heavy atom. The molecule has 0 radical (unpaired) electrons. The van der Waals surface area contributed by atoms with Crippen molar-refractivity contribution in [3.8, 4) is 0 Å². The number of piperazine rings is 1. The maximum atomic E-state index is 3.71. The van der Waals surface area contributed by atoms with Crippen molar-refractivity contribution >= 4 is 0 Å². The molecular weight excluding hydrogens is 196 g/mol. The van der Waals surface area contributed by atoms with E-state index in [1.165, 1.54) is 51.6 Å². The van der Waals surface area contributed by atoms with Crippen molar-refractivity contribution < 1.29 is 0 Å². The molecule has 0 bridgehead atoms. The molecule has 3 fully saturated rings. The Kier molecular flexibility index (Phi) is 2.75. The number of nitrogens with zero attached hydrogens (tertiary/aromatic N) is 1. The molecular formula is C14H26N2. The largest absolute Gasteiger partial charge is 0.311 e. The van der Waals surface area contributed by atoms with Gasteiger partial charge in [0.2, 0.25) is 0 Å². The van der Waals surface area contributed by atoms with Gasteiger partial charge in [-0.15, -0.1) is 0 Å². The molecule has 2 heteroatoms. The molecule has 2 aliphatic carbocycles. The molecule has 1 N–H and O–H groups in total. The molecule has 92 valence electrons. The van der Waals surface area contributed by atoms with Crippen molar-refractivity contribution in [1.29, 1.82) is 0 Å². The molecule has 1 aliphatic heterocycles. The Morgan fingerprint density at radius 3 is 2.44 bits per heavy atom. The molecule has 16 heavy (non-hydrogen) atoms. The molecule has 1 saturated heterocycles. The van der Waals surface area contributed by atoms with E-state index >= 15 is 0 Å². The van der Waals surface area contributed by atoms with E-state index in [0.29, 0.717) is 11.6 Å². The molecule has 0 aromatic heterocycles. The van der Waals surface area contributed by atoms with E-state index in [1.54, 1.807) is 0 Å². The van der Waals surface area contributed by atoms with E-state index in [9.17, 15) is 0 Å². The second kappa shape index (κ2) is 3.99. The van der Waals surface area contributed by atoms with Crippen LogP contribution in [-0.4, -0.2) is 35.6 Å². The summed E-state index contributed by atoms with van der Waals surface area (Å²) in [5, 5.41) is 3.71. The first-order chi connectivity index (χ1) is 7.70. The van der Waals surface area contributed by atoms with E-state index in [-0.39, 0.29) is 0 Å². The summed E-state index contributed by atoms with van der Waals surface area (Å²) in [6.45, 7) is 7.35. The van der Waals surface area contributed by atoms with Crippen LogP contribution in [0, 0.1) is 5.92 Å². The van der Waals surface area contributed by atoms with Crippen molar-refractivity contribution in [2.75, 3.05) is 13.1 Å². The van der Waals surface area contributed by atoms with Gasteiger partial charge < -0.3 is 5.32 Å². The minimum Gasteiger partial charge on any atom is -0.311 e. The fourth-order valence-electron chi connectivity index (χ4n) is 3.92. The zero-order chi connectivity index (χ0) is 11.2. The second-order valence-electron chi connectivity index (χ2n) is 6.50. The Hall–Kier alpha value is -0.0800. The van der Waals surface area contributed by atoms with E-state index in [2.05, 4.69) is 24.1 Å². The van der Waals surface area contributed by atoms with Crippen molar-refractivity contribution in [2.45, 2.75) is 70.0 Å². The van der Waals surface area contributed by atoms with Crippen LogP contribution in [0.15, 0.2) is 0 Å². The molecule has 3 rings (SSSR count). The van der Waals surface area contributed by atoms with Gasteiger partial charge in [-0.2, -0.15) is 0 Å². The Balaban J connectivity index is 1.78. The SMILES string of the molecule is CC1CN(C2CCCC2)C(C)(C2CC2)CN1. The quantitative estimate of drug-likeness (QED) is 0.772. The van der Waals surface area contributed by atoms with Gasteiger partial charge in [-0.25, -0.2) is 0 Å². The highest BCUT2D eigenvalue weighted by Crippen LogP contribution is 2.46. The van der Waals surface area contributed by atoms with Crippen LogP contribution in [0.1, 0.15) is 52.4 Å². The van der Waals surface area contributed by atoms with Crippen LogP contribution in [-0.2, 0) is 0 Å². The lowest BCUT2D eigenvalue weighted by molar-refractivity contribution is 0.00284. The number of nitrogens with one attached hydrogen (secondary N) is 1. The van der Waals surface area contributed by atoms with Crippen LogP contribution in [0.3, 0.4) is 0 Å². The van der Waals surface area contributed by atoms with Crippen LogP contribution < -0.4 is 5.32 Å². The molecule has 0 spiro atoms. The molecule has 1 heterocycles. The van der Waals surface area contributed by atoms with Gasteiger partial charge in [0, 0.05) is 30.7 Å². The van der Waals surface area contributed by atoms with Crippen LogP contribution in [0.4, 0.5) is 0 Å². The normalized spacial score (nSPS) is 42.8. The average molecular weight is 222 g/mol. The molecule has 0 amide bonds. The first-order valence-corrected chi connectivity index (χ1v) is 7.20. The van der Waals surface area contributed by atoms with Crippen LogP contribution in [0.5, 0.6) is 0 Å². The molecule has 0 aromatic carbocycles. The van der Waals surface area contributed by atoms with E-state index in [1.807, 2.05) is 0 Å². The minimum atomic E-state index is 0.474. The first kappa shape index (κ1) is 11.0. The predicted molar refractivity (Wildman–Crippen MR) is 67.6 cm³/mol. The predicted octanol–water partition coefficient (Wildman–Crippen LogP) is 2.39. The summed E-state index contributed by atoms with van der Waals surface area (Å²) in [6, 6.07) is 1.59. The number of rotatable bonds is 2. The van der Waals surface area contributed by atoms with Crippen molar-refractivity contribution in [1.82, 2.24) is 10.2 Å². The van der Waals surface area contributed by atoms with Gasteiger partial charge >= 0.3 is 0 Å². The third-order valence-corrected chi connectivity index (χ3v) is 5.16. The highest BCUT2D eigenvalue weighted by atomic mass is 15.3. The van der Waals surface area contributed by atoms with Crippen LogP contribution in [0.25, 0.3) is 0 Å². The maximum Gasteiger partial charge on any atom is 0.0337 e.